The minimum absolute atomic E-state index is 0.339. The topological polar surface area (TPSA) is 61.4 Å². The van der Waals surface area contributed by atoms with Crippen molar-refractivity contribution in [3.8, 4) is 5.75 Å². The summed E-state index contributed by atoms with van der Waals surface area (Å²) in [6, 6.07) is 6.03. The Morgan fingerprint density at radius 1 is 1.52 bits per heavy atom. The molecule has 0 bridgehead atoms. The Balaban J connectivity index is 1.64. The summed E-state index contributed by atoms with van der Waals surface area (Å²) in [5, 5.41) is 10.7. The molecule has 1 aliphatic rings. The van der Waals surface area contributed by atoms with Gasteiger partial charge in [0.2, 0.25) is 0 Å². The number of hydrogen-bond acceptors (Lipinski definition) is 4. The van der Waals surface area contributed by atoms with E-state index in [9.17, 15) is 9.50 Å². The standard InChI is InChI=1S/C17H22FN3O2/c1-12-15(20-11-19-12)9-21-7-6-16(17(2,22)10-21)23-14-5-3-4-13(18)8-14/h3-5,8,11,16,22H,6-7,9-10H2,1-2H3,(H,19,20)/t16-,17-/m0/s1. The summed E-state index contributed by atoms with van der Waals surface area (Å²) >= 11 is 0. The largest absolute Gasteiger partial charge is 0.487 e. The van der Waals surface area contributed by atoms with E-state index in [1.54, 1.807) is 25.4 Å². The van der Waals surface area contributed by atoms with Crippen LogP contribution in [0.25, 0.3) is 0 Å². The van der Waals surface area contributed by atoms with E-state index in [2.05, 4.69) is 14.9 Å². The molecule has 2 N–H and O–H groups in total. The zero-order valence-electron chi connectivity index (χ0n) is 13.4. The number of hydrogen-bond donors (Lipinski definition) is 2. The number of nitrogens with one attached hydrogen (secondary N) is 1. The van der Waals surface area contributed by atoms with Gasteiger partial charge in [-0.1, -0.05) is 6.07 Å². The van der Waals surface area contributed by atoms with E-state index in [-0.39, 0.29) is 11.9 Å². The minimum Gasteiger partial charge on any atom is -0.487 e. The molecule has 0 radical (unpaired) electrons. The van der Waals surface area contributed by atoms with Crippen LogP contribution in [0.2, 0.25) is 0 Å². The van der Waals surface area contributed by atoms with Crippen LogP contribution in [0.15, 0.2) is 30.6 Å². The number of aliphatic hydroxyl groups is 1. The van der Waals surface area contributed by atoms with Gasteiger partial charge in [0.1, 0.15) is 23.3 Å². The summed E-state index contributed by atoms with van der Waals surface area (Å²) in [6.45, 7) is 5.72. The number of aromatic nitrogens is 2. The van der Waals surface area contributed by atoms with Crippen LogP contribution in [-0.4, -0.2) is 44.8 Å². The molecule has 3 rings (SSSR count). The number of aromatic amines is 1. The molecule has 5 nitrogen and oxygen atoms in total. The number of H-pyrrole nitrogens is 1. The smallest absolute Gasteiger partial charge is 0.129 e. The van der Waals surface area contributed by atoms with Crippen LogP contribution in [0.1, 0.15) is 24.7 Å². The molecular weight excluding hydrogens is 297 g/mol. The SMILES string of the molecule is Cc1[nH]cnc1CN1CC[C@H](Oc2cccc(F)c2)[C@@](C)(O)C1. The lowest BCUT2D eigenvalue weighted by Crippen LogP contribution is -2.56. The molecule has 0 unspecified atom stereocenters. The first kappa shape index (κ1) is 16.0. The lowest BCUT2D eigenvalue weighted by atomic mass is 9.91. The maximum absolute atomic E-state index is 13.3. The van der Waals surface area contributed by atoms with Gasteiger partial charge in [0, 0.05) is 31.4 Å². The second kappa shape index (κ2) is 6.29. The number of aryl methyl sites for hydroxylation is 1. The molecule has 2 aromatic rings. The molecule has 2 heterocycles. The summed E-state index contributed by atoms with van der Waals surface area (Å²) in [5.74, 6) is 0.112. The lowest BCUT2D eigenvalue weighted by molar-refractivity contribution is -0.0995. The molecular formula is C17H22FN3O2. The molecule has 1 aromatic heterocycles. The van der Waals surface area contributed by atoms with E-state index in [1.165, 1.54) is 12.1 Å². The fraction of sp³-hybridized carbons (Fsp3) is 0.471. The highest BCUT2D eigenvalue weighted by Crippen LogP contribution is 2.27. The molecule has 1 aliphatic heterocycles. The normalized spacial score (nSPS) is 25.5. The Kier molecular flexibility index (Phi) is 4.37. The maximum Gasteiger partial charge on any atom is 0.129 e. The van der Waals surface area contributed by atoms with Gasteiger partial charge in [0.25, 0.3) is 0 Å². The van der Waals surface area contributed by atoms with Gasteiger partial charge in [0.15, 0.2) is 0 Å². The number of likely N-dealkylation sites (tertiary alicyclic amines) is 1. The van der Waals surface area contributed by atoms with Crippen molar-refractivity contribution in [1.29, 1.82) is 0 Å². The van der Waals surface area contributed by atoms with Gasteiger partial charge in [0.05, 0.1) is 12.0 Å². The van der Waals surface area contributed by atoms with Crippen molar-refractivity contribution in [2.45, 2.75) is 38.5 Å². The Hall–Kier alpha value is -1.92. The summed E-state index contributed by atoms with van der Waals surface area (Å²) in [6.07, 6.45) is 2.00. The molecule has 2 atom stereocenters. The molecule has 6 heteroatoms. The van der Waals surface area contributed by atoms with Crippen molar-refractivity contribution < 1.29 is 14.2 Å². The molecule has 1 fully saturated rings. The third-order valence-electron chi connectivity index (χ3n) is 4.33. The molecule has 1 saturated heterocycles. The van der Waals surface area contributed by atoms with Crippen LogP contribution < -0.4 is 4.74 Å². The molecule has 1 aromatic carbocycles. The van der Waals surface area contributed by atoms with E-state index in [1.807, 2.05) is 6.92 Å². The number of rotatable bonds is 4. The predicted molar refractivity (Wildman–Crippen MR) is 84.7 cm³/mol. The van der Waals surface area contributed by atoms with Gasteiger partial charge in [-0.25, -0.2) is 9.37 Å². The van der Waals surface area contributed by atoms with Gasteiger partial charge < -0.3 is 14.8 Å². The molecule has 0 saturated carbocycles. The summed E-state index contributed by atoms with van der Waals surface area (Å²) in [5.41, 5.74) is 1.03. The van der Waals surface area contributed by atoms with Gasteiger partial charge in [-0.15, -0.1) is 0 Å². The Morgan fingerprint density at radius 3 is 3.00 bits per heavy atom. The molecule has 0 aliphatic carbocycles. The zero-order chi connectivity index (χ0) is 16.4. The molecule has 124 valence electrons. The monoisotopic (exact) mass is 319 g/mol. The number of β-amino-alcohol motifs (C(OH)–C–C–N with tert-alkyl or cyclic N) is 1. The third-order valence-corrected chi connectivity index (χ3v) is 4.33. The van der Waals surface area contributed by atoms with Crippen LogP contribution in [-0.2, 0) is 6.54 Å². The van der Waals surface area contributed by atoms with Crippen LogP contribution in [0.3, 0.4) is 0 Å². The highest BCUT2D eigenvalue weighted by atomic mass is 19.1. The summed E-state index contributed by atoms with van der Waals surface area (Å²) < 4.78 is 19.1. The second-order valence-electron chi connectivity index (χ2n) is 6.39. The highest BCUT2D eigenvalue weighted by molar-refractivity contribution is 5.23. The number of imidazole rings is 1. The predicted octanol–water partition coefficient (Wildman–Crippen LogP) is 2.26. The average Bonchev–Trinajstić information content (AvgIpc) is 2.87. The maximum atomic E-state index is 13.3. The first-order chi connectivity index (χ1) is 10.9. The first-order valence-corrected chi connectivity index (χ1v) is 7.80. The summed E-state index contributed by atoms with van der Waals surface area (Å²) in [4.78, 5) is 9.53. The Bertz CT molecular complexity index is 671. The van der Waals surface area contributed by atoms with Crippen LogP contribution in [0.4, 0.5) is 4.39 Å². The fourth-order valence-electron chi connectivity index (χ4n) is 3.03. The minimum atomic E-state index is -1.01. The average molecular weight is 319 g/mol. The molecule has 0 spiro atoms. The number of benzene rings is 1. The number of nitrogens with zero attached hydrogens (tertiary/aromatic N) is 2. The number of piperidine rings is 1. The molecule has 23 heavy (non-hydrogen) atoms. The fourth-order valence-corrected chi connectivity index (χ4v) is 3.03. The second-order valence-corrected chi connectivity index (χ2v) is 6.39. The molecule has 0 amide bonds. The van der Waals surface area contributed by atoms with Crippen molar-refractivity contribution in [3.05, 3.63) is 47.8 Å². The van der Waals surface area contributed by atoms with E-state index in [4.69, 9.17) is 4.74 Å². The van der Waals surface area contributed by atoms with Crippen LogP contribution in [0.5, 0.6) is 5.75 Å². The van der Waals surface area contributed by atoms with Crippen molar-refractivity contribution in [1.82, 2.24) is 14.9 Å². The van der Waals surface area contributed by atoms with Crippen LogP contribution >= 0.6 is 0 Å². The van der Waals surface area contributed by atoms with Gasteiger partial charge in [-0.05, 0) is 32.4 Å². The van der Waals surface area contributed by atoms with E-state index in [0.29, 0.717) is 25.3 Å². The Labute approximate surface area is 135 Å². The Morgan fingerprint density at radius 2 is 2.35 bits per heavy atom. The quantitative estimate of drug-likeness (QED) is 0.907. The van der Waals surface area contributed by atoms with Gasteiger partial charge in [-0.3, -0.25) is 4.90 Å². The first-order valence-electron chi connectivity index (χ1n) is 7.80. The number of halogens is 1. The van der Waals surface area contributed by atoms with Crippen LogP contribution in [0, 0.1) is 12.7 Å². The summed E-state index contributed by atoms with van der Waals surface area (Å²) in [7, 11) is 0. The van der Waals surface area contributed by atoms with E-state index < -0.39 is 5.60 Å². The highest BCUT2D eigenvalue weighted by Gasteiger charge is 2.39. The number of ether oxygens (including phenoxy) is 1. The third kappa shape index (κ3) is 3.71. The zero-order valence-corrected chi connectivity index (χ0v) is 13.4. The van der Waals surface area contributed by atoms with Gasteiger partial charge in [-0.2, -0.15) is 0 Å². The van der Waals surface area contributed by atoms with E-state index >= 15 is 0 Å². The van der Waals surface area contributed by atoms with E-state index in [0.717, 1.165) is 17.9 Å². The van der Waals surface area contributed by atoms with Crippen molar-refractivity contribution in [2.24, 2.45) is 0 Å². The lowest BCUT2D eigenvalue weighted by Gasteiger charge is -2.42. The van der Waals surface area contributed by atoms with Crippen molar-refractivity contribution >= 4 is 0 Å². The van der Waals surface area contributed by atoms with Crippen molar-refractivity contribution in [2.75, 3.05) is 13.1 Å². The van der Waals surface area contributed by atoms with Gasteiger partial charge >= 0.3 is 0 Å². The van der Waals surface area contributed by atoms with Crippen molar-refractivity contribution in [3.63, 3.8) is 0 Å².